The molecule has 0 aliphatic heterocycles. The van der Waals surface area contributed by atoms with Crippen LogP contribution in [0, 0.1) is 0 Å². The molecule has 1 aromatic heterocycles. The number of nitrogens with two attached hydrogens (primary N) is 1. The molecule has 0 radical (unpaired) electrons. The van der Waals surface area contributed by atoms with E-state index >= 15 is 0 Å². The Morgan fingerprint density at radius 2 is 1.86 bits per heavy atom. The van der Waals surface area contributed by atoms with Crippen LogP contribution in [0.15, 0.2) is 47.1 Å². The molecule has 6 nitrogen and oxygen atoms in total. The van der Waals surface area contributed by atoms with E-state index in [-0.39, 0.29) is 18.4 Å². The maximum Gasteiger partial charge on any atom is 0.251 e. The molecule has 0 bridgehead atoms. The monoisotopic (exact) mass is 287 g/mol. The van der Waals surface area contributed by atoms with Gasteiger partial charge in [-0.2, -0.15) is 0 Å². The fraction of sp³-hybridized carbons (Fsp3) is 0.200. The van der Waals surface area contributed by atoms with Gasteiger partial charge in [0.2, 0.25) is 5.91 Å². The van der Waals surface area contributed by atoms with Gasteiger partial charge in [-0.1, -0.05) is 0 Å². The second kappa shape index (κ2) is 7.14. The van der Waals surface area contributed by atoms with Gasteiger partial charge in [0.05, 0.1) is 12.8 Å². The van der Waals surface area contributed by atoms with Crippen LogP contribution >= 0.6 is 0 Å². The normalized spacial score (nSPS) is 10.1. The van der Waals surface area contributed by atoms with Gasteiger partial charge < -0.3 is 20.8 Å². The lowest BCUT2D eigenvalue weighted by Crippen LogP contribution is -2.37. The highest BCUT2D eigenvalue weighted by Gasteiger charge is 2.07. The van der Waals surface area contributed by atoms with Gasteiger partial charge in [0.15, 0.2) is 0 Å². The Hall–Kier alpha value is -2.76. The molecule has 2 amide bonds. The van der Waals surface area contributed by atoms with Gasteiger partial charge in [0, 0.05) is 24.2 Å². The quantitative estimate of drug-likeness (QED) is 0.689. The average Bonchev–Trinajstić information content (AvgIpc) is 2.99. The van der Waals surface area contributed by atoms with Crippen LogP contribution in [0.4, 0.5) is 5.69 Å². The van der Waals surface area contributed by atoms with Crippen molar-refractivity contribution in [1.82, 2.24) is 10.6 Å². The third-order valence-electron chi connectivity index (χ3n) is 2.86. The molecular weight excluding hydrogens is 270 g/mol. The van der Waals surface area contributed by atoms with E-state index in [1.54, 1.807) is 36.6 Å². The van der Waals surface area contributed by atoms with Crippen LogP contribution < -0.4 is 16.4 Å². The number of amides is 2. The van der Waals surface area contributed by atoms with E-state index in [9.17, 15) is 9.59 Å². The Balaban J connectivity index is 1.68. The molecule has 0 spiro atoms. The fourth-order valence-electron chi connectivity index (χ4n) is 1.74. The Morgan fingerprint density at radius 3 is 2.52 bits per heavy atom. The van der Waals surface area contributed by atoms with E-state index in [1.807, 2.05) is 6.07 Å². The Labute approximate surface area is 122 Å². The van der Waals surface area contributed by atoms with E-state index in [4.69, 9.17) is 10.2 Å². The van der Waals surface area contributed by atoms with Crippen LogP contribution in [0.5, 0.6) is 0 Å². The molecule has 0 atom stereocenters. The Bertz CT molecular complexity index is 591. The molecule has 6 heteroatoms. The molecule has 2 aromatic rings. The first kappa shape index (κ1) is 14.6. The molecule has 0 fully saturated rings. The molecule has 0 aliphatic rings. The van der Waals surface area contributed by atoms with Crippen LogP contribution in [0.25, 0.3) is 0 Å². The van der Waals surface area contributed by atoms with Crippen molar-refractivity contribution in [3.63, 3.8) is 0 Å². The molecule has 21 heavy (non-hydrogen) atoms. The van der Waals surface area contributed by atoms with Crippen LogP contribution in [0.1, 0.15) is 16.1 Å². The zero-order valence-electron chi connectivity index (χ0n) is 11.5. The number of furan rings is 1. The first-order valence-corrected chi connectivity index (χ1v) is 6.58. The summed E-state index contributed by atoms with van der Waals surface area (Å²) >= 11 is 0. The number of carbonyl (C=O) groups is 2. The van der Waals surface area contributed by atoms with Crippen molar-refractivity contribution in [1.29, 1.82) is 0 Å². The van der Waals surface area contributed by atoms with Crippen molar-refractivity contribution >= 4 is 17.5 Å². The summed E-state index contributed by atoms with van der Waals surface area (Å²) in [5.41, 5.74) is 6.59. The predicted octanol–water partition coefficient (Wildman–Crippen LogP) is 0.950. The van der Waals surface area contributed by atoms with E-state index < -0.39 is 0 Å². The number of nitrogen functional groups attached to an aromatic ring is 1. The minimum Gasteiger partial charge on any atom is -0.469 e. The van der Waals surface area contributed by atoms with Crippen molar-refractivity contribution < 1.29 is 14.0 Å². The van der Waals surface area contributed by atoms with Crippen LogP contribution in [-0.4, -0.2) is 24.9 Å². The number of benzene rings is 1. The fourth-order valence-corrected chi connectivity index (χ4v) is 1.74. The smallest absolute Gasteiger partial charge is 0.251 e. The largest absolute Gasteiger partial charge is 0.469 e. The van der Waals surface area contributed by atoms with Crippen molar-refractivity contribution in [2.75, 3.05) is 18.8 Å². The second-order valence-corrected chi connectivity index (χ2v) is 4.48. The standard InChI is InChI=1S/C15H17N3O3/c16-12-5-3-11(4-6-12)15(20)18-10-14(19)17-8-7-13-2-1-9-21-13/h1-6,9H,7-8,10,16H2,(H,17,19)(H,18,20). The molecule has 0 aliphatic carbocycles. The van der Waals surface area contributed by atoms with Crippen molar-refractivity contribution in [2.45, 2.75) is 6.42 Å². The molecule has 0 unspecified atom stereocenters. The number of rotatable bonds is 6. The minimum atomic E-state index is -0.309. The number of nitrogens with one attached hydrogen (secondary N) is 2. The van der Waals surface area contributed by atoms with E-state index in [0.29, 0.717) is 24.2 Å². The molecule has 110 valence electrons. The number of anilines is 1. The molecule has 2 rings (SSSR count). The first-order valence-electron chi connectivity index (χ1n) is 6.58. The summed E-state index contributed by atoms with van der Waals surface area (Å²) in [6.45, 7) is 0.394. The average molecular weight is 287 g/mol. The van der Waals surface area contributed by atoms with Crippen molar-refractivity contribution in [3.05, 3.63) is 54.0 Å². The Morgan fingerprint density at radius 1 is 1.10 bits per heavy atom. The summed E-state index contributed by atoms with van der Waals surface area (Å²) < 4.78 is 5.15. The van der Waals surface area contributed by atoms with Crippen LogP contribution in [0.2, 0.25) is 0 Å². The van der Waals surface area contributed by atoms with Gasteiger partial charge in [-0.3, -0.25) is 9.59 Å². The highest BCUT2D eigenvalue weighted by atomic mass is 16.3. The third kappa shape index (κ3) is 4.68. The molecule has 4 N–H and O–H groups in total. The molecule has 0 saturated heterocycles. The lowest BCUT2D eigenvalue weighted by Gasteiger charge is -2.06. The maximum absolute atomic E-state index is 11.8. The van der Waals surface area contributed by atoms with Gasteiger partial charge in [-0.25, -0.2) is 0 Å². The lowest BCUT2D eigenvalue weighted by molar-refractivity contribution is -0.120. The third-order valence-corrected chi connectivity index (χ3v) is 2.86. The topological polar surface area (TPSA) is 97.4 Å². The zero-order valence-corrected chi connectivity index (χ0v) is 11.5. The SMILES string of the molecule is Nc1ccc(C(=O)NCC(=O)NCCc2ccco2)cc1. The van der Waals surface area contributed by atoms with E-state index in [0.717, 1.165) is 5.76 Å². The summed E-state index contributed by atoms with van der Waals surface area (Å²) in [7, 11) is 0. The maximum atomic E-state index is 11.8. The molecule has 0 saturated carbocycles. The number of hydrogen-bond donors (Lipinski definition) is 3. The summed E-state index contributed by atoms with van der Waals surface area (Å²) in [5, 5.41) is 5.25. The molecule has 1 heterocycles. The zero-order chi connectivity index (χ0) is 15.1. The Kier molecular flexibility index (Phi) is 4.98. The van der Waals surface area contributed by atoms with Crippen molar-refractivity contribution in [3.8, 4) is 0 Å². The van der Waals surface area contributed by atoms with E-state index in [1.165, 1.54) is 0 Å². The molecular formula is C15H17N3O3. The van der Waals surface area contributed by atoms with Gasteiger partial charge in [0.25, 0.3) is 5.91 Å². The van der Waals surface area contributed by atoms with Gasteiger partial charge in [0.1, 0.15) is 5.76 Å². The first-order chi connectivity index (χ1) is 10.1. The lowest BCUT2D eigenvalue weighted by atomic mass is 10.2. The predicted molar refractivity (Wildman–Crippen MR) is 78.6 cm³/mol. The number of hydrogen-bond acceptors (Lipinski definition) is 4. The van der Waals surface area contributed by atoms with Gasteiger partial charge in [-0.15, -0.1) is 0 Å². The van der Waals surface area contributed by atoms with Gasteiger partial charge in [-0.05, 0) is 36.4 Å². The summed E-state index contributed by atoms with van der Waals surface area (Å²) in [6.07, 6.45) is 2.20. The van der Waals surface area contributed by atoms with Crippen LogP contribution in [0.3, 0.4) is 0 Å². The molecule has 1 aromatic carbocycles. The second-order valence-electron chi connectivity index (χ2n) is 4.48. The summed E-state index contributed by atoms with van der Waals surface area (Å²) in [6, 6.07) is 10.1. The minimum absolute atomic E-state index is 0.0681. The van der Waals surface area contributed by atoms with Crippen molar-refractivity contribution in [2.24, 2.45) is 0 Å². The van der Waals surface area contributed by atoms with E-state index in [2.05, 4.69) is 10.6 Å². The number of carbonyl (C=O) groups excluding carboxylic acids is 2. The highest BCUT2D eigenvalue weighted by molar-refractivity contribution is 5.96. The summed E-state index contributed by atoms with van der Waals surface area (Å²) in [5.74, 6) is 0.253. The highest BCUT2D eigenvalue weighted by Crippen LogP contribution is 2.04. The van der Waals surface area contributed by atoms with Gasteiger partial charge >= 0.3 is 0 Å². The van der Waals surface area contributed by atoms with Crippen LogP contribution in [-0.2, 0) is 11.2 Å². The summed E-state index contributed by atoms with van der Waals surface area (Å²) in [4.78, 5) is 23.4.